The molecule has 1 amide bonds. The van der Waals surface area contributed by atoms with E-state index in [1.54, 1.807) is 6.07 Å². The number of hydrogen-bond acceptors (Lipinski definition) is 3. The summed E-state index contributed by atoms with van der Waals surface area (Å²) in [4.78, 5) is 14.3. The molecule has 0 N–H and O–H groups in total. The van der Waals surface area contributed by atoms with Crippen LogP contribution in [0.1, 0.15) is 36.1 Å². The molecule has 1 aliphatic heterocycles. The summed E-state index contributed by atoms with van der Waals surface area (Å²) in [6.45, 7) is 5.46. The standard InChI is InChI=1S/C14H19NO3/c1-3-17-13-7-11-6-10(13)8-15(11)14(16)12-5-4-9(2)18-12/h4-5,10-11,13H,3,6-8H2,1-2H3/t10?,11?,13-/m0/s1. The molecule has 1 aliphatic carbocycles. The Bertz CT molecular complexity index is 454. The quantitative estimate of drug-likeness (QED) is 0.825. The summed E-state index contributed by atoms with van der Waals surface area (Å²) in [6.07, 6.45) is 2.41. The van der Waals surface area contributed by atoms with E-state index in [-0.39, 0.29) is 5.91 Å². The SMILES string of the molecule is CCO[C@H]1CC2CC1CN2C(=O)c1ccc(C)o1. The van der Waals surface area contributed by atoms with E-state index in [0.717, 1.165) is 31.8 Å². The molecule has 4 nitrogen and oxygen atoms in total. The minimum absolute atomic E-state index is 0.0329. The first kappa shape index (κ1) is 11.8. The molecule has 2 bridgehead atoms. The number of hydrogen-bond donors (Lipinski definition) is 0. The fraction of sp³-hybridized carbons (Fsp3) is 0.643. The maximum absolute atomic E-state index is 12.3. The first-order valence-corrected chi connectivity index (χ1v) is 6.68. The van der Waals surface area contributed by atoms with Crippen LogP contribution in [-0.4, -0.2) is 36.1 Å². The Morgan fingerprint density at radius 3 is 2.89 bits per heavy atom. The molecule has 1 saturated heterocycles. The second-order valence-electron chi connectivity index (χ2n) is 5.25. The van der Waals surface area contributed by atoms with Crippen LogP contribution in [0.5, 0.6) is 0 Å². The van der Waals surface area contributed by atoms with E-state index in [1.807, 2.05) is 24.8 Å². The van der Waals surface area contributed by atoms with Gasteiger partial charge in [-0.3, -0.25) is 4.79 Å². The van der Waals surface area contributed by atoms with E-state index in [9.17, 15) is 4.79 Å². The van der Waals surface area contributed by atoms with Crippen LogP contribution in [-0.2, 0) is 4.74 Å². The number of piperidine rings is 1. The van der Waals surface area contributed by atoms with Crippen molar-refractivity contribution >= 4 is 5.91 Å². The zero-order valence-electron chi connectivity index (χ0n) is 10.9. The molecule has 98 valence electrons. The molecule has 18 heavy (non-hydrogen) atoms. The number of carbonyl (C=O) groups excluding carboxylic acids is 1. The van der Waals surface area contributed by atoms with E-state index in [2.05, 4.69) is 0 Å². The summed E-state index contributed by atoms with van der Waals surface area (Å²) in [5.41, 5.74) is 0. The minimum Gasteiger partial charge on any atom is -0.456 e. The lowest BCUT2D eigenvalue weighted by Gasteiger charge is -2.30. The van der Waals surface area contributed by atoms with Gasteiger partial charge in [0.25, 0.3) is 5.91 Å². The second kappa shape index (κ2) is 4.43. The van der Waals surface area contributed by atoms with E-state index in [0.29, 0.717) is 23.8 Å². The molecular formula is C14H19NO3. The van der Waals surface area contributed by atoms with Gasteiger partial charge in [0.15, 0.2) is 5.76 Å². The van der Waals surface area contributed by atoms with Gasteiger partial charge < -0.3 is 14.1 Å². The average molecular weight is 249 g/mol. The third kappa shape index (κ3) is 1.85. The Labute approximate surface area is 107 Å². The van der Waals surface area contributed by atoms with Crippen LogP contribution in [0.2, 0.25) is 0 Å². The first-order valence-electron chi connectivity index (χ1n) is 6.68. The number of fused-ring (bicyclic) bond motifs is 2. The maximum atomic E-state index is 12.3. The Morgan fingerprint density at radius 1 is 1.50 bits per heavy atom. The van der Waals surface area contributed by atoms with Crippen LogP contribution in [0.25, 0.3) is 0 Å². The highest BCUT2D eigenvalue weighted by Crippen LogP contribution is 2.40. The van der Waals surface area contributed by atoms with Crippen molar-refractivity contribution in [3.8, 4) is 0 Å². The zero-order valence-corrected chi connectivity index (χ0v) is 10.9. The molecule has 1 saturated carbocycles. The van der Waals surface area contributed by atoms with Gasteiger partial charge >= 0.3 is 0 Å². The van der Waals surface area contributed by atoms with Crippen molar-refractivity contribution in [2.24, 2.45) is 5.92 Å². The lowest BCUT2D eigenvalue weighted by molar-refractivity contribution is 0.00677. The Hall–Kier alpha value is -1.29. The Kier molecular flexibility index (Phi) is 2.90. The van der Waals surface area contributed by atoms with E-state index in [4.69, 9.17) is 9.15 Å². The molecule has 0 spiro atoms. The number of amides is 1. The summed E-state index contributed by atoms with van der Waals surface area (Å²) in [5.74, 6) is 1.79. The fourth-order valence-electron chi connectivity index (χ4n) is 3.26. The summed E-state index contributed by atoms with van der Waals surface area (Å²) in [6, 6.07) is 3.94. The summed E-state index contributed by atoms with van der Waals surface area (Å²) < 4.78 is 11.1. The molecule has 2 heterocycles. The van der Waals surface area contributed by atoms with Crippen LogP contribution in [0.4, 0.5) is 0 Å². The van der Waals surface area contributed by atoms with Gasteiger partial charge in [-0.2, -0.15) is 0 Å². The molecule has 1 aromatic heterocycles. The van der Waals surface area contributed by atoms with Crippen LogP contribution >= 0.6 is 0 Å². The number of aryl methyl sites for hydroxylation is 1. The molecule has 2 fully saturated rings. The molecule has 4 heteroatoms. The summed E-state index contributed by atoms with van der Waals surface area (Å²) in [7, 11) is 0. The smallest absolute Gasteiger partial charge is 0.289 e. The highest BCUT2D eigenvalue weighted by atomic mass is 16.5. The van der Waals surface area contributed by atoms with Gasteiger partial charge in [-0.15, -0.1) is 0 Å². The molecule has 0 radical (unpaired) electrons. The van der Waals surface area contributed by atoms with Gasteiger partial charge in [-0.05, 0) is 38.8 Å². The average Bonchev–Trinajstić information content (AvgIpc) is 3.03. The molecule has 3 atom stereocenters. The van der Waals surface area contributed by atoms with Gasteiger partial charge in [-0.1, -0.05) is 0 Å². The van der Waals surface area contributed by atoms with Crippen molar-refractivity contribution in [1.82, 2.24) is 4.90 Å². The predicted molar refractivity (Wildman–Crippen MR) is 66.4 cm³/mol. The lowest BCUT2D eigenvalue weighted by Crippen LogP contribution is -2.42. The largest absolute Gasteiger partial charge is 0.456 e. The second-order valence-corrected chi connectivity index (χ2v) is 5.25. The molecule has 3 rings (SSSR count). The predicted octanol–water partition coefficient (Wildman–Crippen LogP) is 2.23. The number of ether oxygens (including phenoxy) is 1. The van der Waals surface area contributed by atoms with Crippen molar-refractivity contribution < 1.29 is 13.9 Å². The van der Waals surface area contributed by atoms with Gasteiger partial charge in [0.05, 0.1) is 6.10 Å². The highest BCUT2D eigenvalue weighted by Gasteiger charge is 2.47. The number of furan rings is 1. The lowest BCUT2D eigenvalue weighted by atomic mass is 10.1. The summed E-state index contributed by atoms with van der Waals surface area (Å²) >= 11 is 0. The zero-order chi connectivity index (χ0) is 12.7. The minimum atomic E-state index is 0.0329. The van der Waals surface area contributed by atoms with Gasteiger partial charge in [0.1, 0.15) is 5.76 Å². The normalized spacial score (nSPS) is 30.1. The van der Waals surface area contributed by atoms with Crippen molar-refractivity contribution in [3.05, 3.63) is 23.7 Å². The van der Waals surface area contributed by atoms with E-state index in [1.165, 1.54) is 0 Å². The van der Waals surface area contributed by atoms with Crippen LogP contribution in [0.15, 0.2) is 16.5 Å². The fourth-order valence-corrected chi connectivity index (χ4v) is 3.26. The van der Waals surface area contributed by atoms with Crippen molar-refractivity contribution in [2.75, 3.05) is 13.2 Å². The van der Waals surface area contributed by atoms with Crippen molar-refractivity contribution in [3.63, 3.8) is 0 Å². The number of carbonyl (C=O) groups is 1. The summed E-state index contributed by atoms with van der Waals surface area (Å²) in [5, 5.41) is 0. The number of nitrogens with zero attached hydrogens (tertiary/aromatic N) is 1. The van der Waals surface area contributed by atoms with Crippen molar-refractivity contribution in [1.29, 1.82) is 0 Å². The Morgan fingerprint density at radius 2 is 2.33 bits per heavy atom. The first-order chi connectivity index (χ1) is 8.69. The monoisotopic (exact) mass is 249 g/mol. The maximum Gasteiger partial charge on any atom is 0.289 e. The highest BCUT2D eigenvalue weighted by molar-refractivity contribution is 5.92. The molecule has 2 unspecified atom stereocenters. The molecular weight excluding hydrogens is 230 g/mol. The molecule has 1 aromatic rings. The third-order valence-electron chi connectivity index (χ3n) is 4.07. The van der Waals surface area contributed by atoms with E-state index >= 15 is 0 Å². The van der Waals surface area contributed by atoms with Crippen LogP contribution in [0.3, 0.4) is 0 Å². The molecule has 0 aromatic carbocycles. The van der Waals surface area contributed by atoms with Crippen LogP contribution in [0, 0.1) is 12.8 Å². The number of rotatable bonds is 3. The van der Waals surface area contributed by atoms with Gasteiger partial charge in [0, 0.05) is 25.1 Å². The van der Waals surface area contributed by atoms with Gasteiger partial charge in [-0.25, -0.2) is 0 Å². The molecule has 2 aliphatic rings. The van der Waals surface area contributed by atoms with Crippen molar-refractivity contribution in [2.45, 2.75) is 38.8 Å². The third-order valence-corrected chi connectivity index (χ3v) is 4.07. The number of likely N-dealkylation sites (tertiary alicyclic amines) is 1. The van der Waals surface area contributed by atoms with Crippen LogP contribution < -0.4 is 0 Å². The van der Waals surface area contributed by atoms with Gasteiger partial charge in [0.2, 0.25) is 0 Å². The topological polar surface area (TPSA) is 42.7 Å². The Balaban J connectivity index is 1.69. The van der Waals surface area contributed by atoms with E-state index < -0.39 is 0 Å².